The highest BCUT2D eigenvalue weighted by Crippen LogP contribution is 2.34. The Balaban J connectivity index is 2.06. The van der Waals surface area contributed by atoms with Crippen molar-refractivity contribution in [1.82, 2.24) is 5.32 Å². The molecule has 1 aliphatic carbocycles. The molecular formula is C14H17BrN2OS. The summed E-state index contributed by atoms with van der Waals surface area (Å²) in [6.07, 6.45) is 4.73. The highest BCUT2D eigenvalue weighted by atomic mass is 79.9. The summed E-state index contributed by atoms with van der Waals surface area (Å²) < 4.78 is 0.797. The molecule has 1 saturated carbocycles. The van der Waals surface area contributed by atoms with Gasteiger partial charge in [0.2, 0.25) is 0 Å². The predicted octanol–water partition coefficient (Wildman–Crippen LogP) is 4.10. The van der Waals surface area contributed by atoms with Crippen LogP contribution in [0.5, 0.6) is 0 Å². The summed E-state index contributed by atoms with van der Waals surface area (Å²) in [6.45, 7) is 2.19. The lowest BCUT2D eigenvalue weighted by molar-refractivity contribution is 0.0894. The Morgan fingerprint density at radius 3 is 2.79 bits per heavy atom. The molecule has 0 atom stereocenters. The third-order valence-corrected chi connectivity index (χ3v) is 5.76. The predicted molar refractivity (Wildman–Crippen MR) is 80.1 cm³/mol. The molecule has 0 aliphatic heterocycles. The minimum Gasteiger partial charge on any atom is -0.333 e. The number of halogens is 1. The molecule has 0 aromatic carbocycles. The fraction of sp³-hybridized carbons (Fsp3) is 0.571. The first-order valence-electron chi connectivity index (χ1n) is 6.57. The fourth-order valence-corrected chi connectivity index (χ4v) is 4.02. The molecule has 1 fully saturated rings. The Morgan fingerprint density at radius 1 is 1.63 bits per heavy atom. The minimum atomic E-state index is -0.674. The molecule has 0 unspecified atom stereocenters. The van der Waals surface area contributed by atoms with E-state index in [1.54, 1.807) is 0 Å². The van der Waals surface area contributed by atoms with Crippen LogP contribution in [0.4, 0.5) is 0 Å². The van der Waals surface area contributed by atoms with Gasteiger partial charge in [0, 0.05) is 4.47 Å². The van der Waals surface area contributed by atoms with Crippen LogP contribution in [-0.2, 0) is 0 Å². The van der Waals surface area contributed by atoms with Crippen LogP contribution in [0.15, 0.2) is 15.9 Å². The second-order valence-electron chi connectivity index (χ2n) is 5.10. The highest BCUT2D eigenvalue weighted by molar-refractivity contribution is 9.10. The van der Waals surface area contributed by atoms with Crippen LogP contribution in [-0.4, -0.2) is 11.4 Å². The molecule has 0 radical (unpaired) electrons. The molecule has 3 nitrogen and oxygen atoms in total. The summed E-state index contributed by atoms with van der Waals surface area (Å²) in [7, 11) is 0. The second-order valence-corrected chi connectivity index (χ2v) is 6.87. The molecule has 1 amide bonds. The molecule has 0 bridgehead atoms. The molecule has 1 aromatic rings. The fourth-order valence-electron chi connectivity index (χ4n) is 2.57. The monoisotopic (exact) mass is 340 g/mol. The van der Waals surface area contributed by atoms with Gasteiger partial charge < -0.3 is 5.32 Å². The van der Waals surface area contributed by atoms with Gasteiger partial charge in [-0.05, 0) is 59.0 Å². The Hall–Kier alpha value is -0.860. The highest BCUT2D eigenvalue weighted by Gasteiger charge is 2.37. The summed E-state index contributed by atoms with van der Waals surface area (Å²) >= 11 is 4.75. The van der Waals surface area contributed by atoms with Gasteiger partial charge >= 0.3 is 0 Å². The first-order valence-corrected chi connectivity index (χ1v) is 8.24. The second kappa shape index (κ2) is 6.06. The van der Waals surface area contributed by atoms with E-state index in [0.717, 1.165) is 36.6 Å². The number of hydrogen-bond donors (Lipinski definition) is 1. The molecule has 19 heavy (non-hydrogen) atoms. The van der Waals surface area contributed by atoms with Crippen molar-refractivity contribution in [3.63, 3.8) is 0 Å². The first kappa shape index (κ1) is 14.5. The zero-order chi connectivity index (χ0) is 13.9. The van der Waals surface area contributed by atoms with Crippen molar-refractivity contribution in [2.24, 2.45) is 5.92 Å². The zero-order valence-electron chi connectivity index (χ0n) is 10.9. The Kier molecular flexibility index (Phi) is 4.64. The van der Waals surface area contributed by atoms with Crippen molar-refractivity contribution in [2.75, 3.05) is 0 Å². The van der Waals surface area contributed by atoms with E-state index < -0.39 is 5.54 Å². The van der Waals surface area contributed by atoms with Gasteiger partial charge in [0.05, 0.1) is 6.07 Å². The Labute approximate surface area is 126 Å². The molecule has 0 spiro atoms. The Morgan fingerprint density at radius 2 is 2.32 bits per heavy atom. The summed E-state index contributed by atoms with van der Waals surface area (Å²) in [6, 6.07) is 4.19. The van der Waals surface area contributed by atoms with E-state index in [1.807, 2.05) is 11.4 Å². The van der Waals surface area contributed by atoms with Gasteiger partial charge in [-0.25, -0.2) is 0 Å². The van der Waals surface area contributed by atoms with Crippen molar-refractivity contribution in [2.45, 2.75) is 44.6 Å². The van der Waals surface area contributed by atoms with Crippen LogP contribution < -0.4 is 5.32 Å². The number of nitriles is 1. The summed E-state index contributed by atoms with van der Waals surface area (Å²) in [5.41, 5.74) is -0.674. The maximum atomic E-state index is 12.2. The number of nitrogens with zero attached hydrogens (tertiary/aromatic N) is 1. The summed E-state index contributed by atoms with van der Waals surface area (Å²) in [5, 5.41) is 14.3. The van der Waals surface area contributed by atoms with Gasteiger partial charge in [0.15, 0.2) is 0 Å². The van der Waals surface area contributed by atoms with E-state index >= 15 is 0 Å². The summed E-state index contributed by atoms with van der Waals surface area (Å²) in [4.78, 5) is 12.9. The zero-order valence-corrected chi connectivity index (χ0v) is 13.3. The Bertz CT molecular complexity index is 498. The molecule has 1 heterocycles. The van der Waals surface area contributed by atoms with Crippen molar-refractivity contribution in [3.8, 4) is 6.07 Å². The van der Waals surface area contributed by atoms with Crippen molar-refractivity contribution < 1.29 is 4.79 Å². The van der Waals surface area contributed by atoms with E-state index in [9.17, 15) is 10.1 Å². The van der Waals surface area contributed by atoms with Crippen LogP contribution in [0.2, 0.25) is 0 Å². The maximum absolute atomic E-state index is 12.2. The standard InChI is InChI=1S/C14H17BrN2OS/c1-2-10-3-6-14(9-16,7-4-10)17-13(18)12-11(15)5-8-19-12/h5,8,10H,2-4,6-7H2,1H3,(H,17,18). The third kappa shape index (κ3) is 3.18. The molecule has 1 aromatic heterocycles. The number of thiophene rings is 1. The smallest absolute Gasteiger partial charge is 0.263 e. The maximum Gasteiger partial charge on any atom is 0.263 e. The number of nitrogens with one attached hydrogen (secondary N) is 1. The number of hydrogen-bond acceptors (Lipinski definition) is 3. The van der Waals surface area contributed by atoms with Crippen molar-refractivity contribution in [1.29, 1.82) is 5.26 Å². The van der Waals surface area contributed by atoms with E-state index in [-0.39, 0.29) is 5.91 Å². The van der Waals surface area contributed by atoms with Gasteiger partial charge in [-0.1, -0.05) is 13.3 Å². The minimum absolute atomic E-state index is 0.140. The molecule has 0 saturated heterocycles. The van der Waals surface area contributed by atoms with Crippen LogP contribution >= 0.6 is 27.3 Å². The van der Waals surface area contributed by atoms with Crippen LogP contribution in [0, 0.1) is 17.2 Å². The lowest BCUT2D eigenvalue weighted by Gasteiger charge is -2.35. The quantitative estimate of drug-likeness (QED) is 0.900. The SMILES string of the molecule is CCC1CCC(C#N)(NC(=O)c2sccc2Br)CC1. The van der Waals surface area contributed by atoms with E-state index in [4.69, 9.17) is 0 Å². The average molecular weight is 341 g/mol. The number of carbonyl (C=O) groups is 1. The lowest BCUT2D eigenvalue weighted by Crippen LogP contribution is -2.49. The van der Waals surface area contributed by atoms with Crippen LogP contribution in [0.3, 0.4) is 0 Å². The third-order valence-electron chi connectivity index (χ3n) is 3.93. The molecule has 1 N–H and O–H groups in total. The largest absolute Gasteiger partial charge is 0.333 e. The van der Waals surface area contributed by atoms with Crippen molar-refractivity contribution >= 4 is 33.2 Å². The molecular weight excluding hydrogens is 324 g/mol. The van der Waals surface area contributed by atoms with Crippen molar-refractivity contribution in [3.05, 3.63) is 20.8 Å². The molecule has 102 valence electrons. The van der Waals surface area contributed by atoms with Gasteiger partial charge in [0.25, 0.3) is 5.91 Å². The summed E-state index contributed by atoms with van der Waals surface area (Å²) in [5.74, 6) is 0.560. The van der Waals surface area contributed by atoms with Gasteiger partial charge in [-0.15, -0.1) is 11.3 Å². The number of rotatable bonds is 3. The number of amides is 1. The average Bonchev–Trinajstić information content (AvgIpc) is 2.86. The van der Waals surface area contributed by atoms with Gasteiger partial charge in [-0.3, -0.25) is 4.79 Å². The van der Waals surface area contributed by atoms with Crippen LogP contribution in [0.1, 0.15) is 48.7 Å². The van der Waals surface area contributed by atoms with Crippen LogP contribution in [0.25, 0.3) is 0 Å². The van der Waals surface area contributed by atoms with Gasteiger partial charge in [0.1, 0.15) is 10.4 Å². The molecule has 5 heteroatoms. The lowest BCUT2D eigenvalue weighted by atomic mass is 9.76. The van der Waals surface area contributed by atoms with E-state index in [2.05, 4.69) is 34.2 Å². The normalized spacial score (nSPS) is 26.7. The molecule has 2 rings (SSSR count). The topological polar surface area (TPSA) is 52.9 Å². The first-order chi connectivity index (χ1) is 9.10. The van der Waals surface area contributed by atoms with E-state index in [0.29, 0.717) is 10.8 Å². The van der Waals surface area contributed by atoms with Gasteiger partial charge in [-0.2, -0.15) is 5.26 Å². The number of carbonyl (C=O) groups excluding carboxylic acids is 1. The molecule has 1 aliphatic rings. The van der Waals surface area contributed by atoms with E-state index in [1.165, 1.54) is 11.3 Å².